The Balaban J connectivity index is 0.000000360. The van der Waals surface area contributed by atoms with Crippen molar-refractivity contribution in [1.82, 2.24) is 10.2 Å². The molecule has 0 saturated heterocycles. The third-order valence-corrected chi connectivity index (χ3v) is 0.640. The van der Waals surface area contributed by atoms with Gasteiger partial charge in [-0.3, -0.25) is 5.10 Å². The summed E-state index contributed by atoms with van der Waals surface area (Å²) < 4.78 is 0. The molecule has 0 spiro atoms. The van der Waals surface area contributed by atoms with E-state index in [2.05, 4.69) is 10.2 Å². The number of aromatic nitrogens is 2. The van der Waals surface area contributed by atoms with E-state index in [0.717, 1.165) is 5.69 Å². The minimum absolute atomic E-state index is 0. The normalized spacial score (nSPS) is 7.57. The molecular weight excluding hydrogens is 141 g/mol. The van der Waals surface area contributed by atoms with E-state index in [0.29, 0.717) is 0 Å². The van der Waals surface area contributed by atoms with E-state index >= 15 is 0 Å². The summed E-state index contributed by atoms with van der Waals surface area (Å²) in [5.41, 5.74) is 1.04. The number of aromatic amines is 1. The van der Waals surface area contributed by atoms with Crippen molar-refractivity contribution < 1.29 is 19.5 Å². The minimum Gasteiger partial charge on any atom is -0.285 e. The summed E-state index contributed by atoms with van der Waals surface area (Å²) in [4.78, 5) is 0. The van der Waals surface area contributed by atoms with Crippen molar-refractivity contribution in [3.8, 4) is 0 Å². The van der Waals surface area contributed by atoms with E-state index in [1.807, 2.05) is 13.0 Å². The van der Waals surface area contributed by atoms with Crippen molar-refractivity contribution >= 4 is 0 Å². The van der Waals surface area contributed by atoms with Gasteiger partial charge >= 0.3 is 0 Å². The Morgan fingerprint density at radius 2 is 2.43 bits per heavy atom. The van der Waals surface area contributed by atoms with E-state index in [9.17, 15) is 0 Å². The fourth-order valence-corrected chi connectivity index (χ4v) is 0.334. The maximum Gasteiger partial charge on any atom is 0.0591 e. The molecule has 0 radical (unpaired) electrons. The Kier molecular flexibility index (Phi) is 2.85. The zero-order valence-electron chi connectivity index (χ0n) is 4.31. The molecule has 0 aliphatic carbocycles. The molecule has 7 heavy (non-hydrogen) atoms. The van der Waals surface area contributed by atoms with Gasteiger partial charge in [0.25, 0.3) is 0 Å². The van der Waals surface area contributed by atoms with Crippen LogP contribution in [0.1, 0.15) is 5.69 Å². The topological polar surface area (TPSA) is 28.7 Å². The summed E-state index contributed by atoms with van der Waals surface area (Å²) in [7, 11) is 0. The first-order chi connectivity index (χ1) is 2.89. The molecule has 3 heteroatoms. The number of rotatable bonds is 0. The Labute approximate surface area is 55.1 Å². The first kappa shape index (κ1) is 6.83. The van der Waals surface area contributed by atoms with Crippen LogP contribution in [0.2, 0.25) is 0 Å². The summed E-state index contributed by atoms with van der Waals surface area (Å²) >= 11 is 0. The largest absolute Gasteiger partial charge is 0.285 e. The summed E-state index contributed by atoms with van der Waals surface area (Å²) in [6.45, 7) is 1.94. The summed E-state index contributed by atoms with van der Waals surface area (Å²) in [5.74, 6) is 0. The number of hydrogen-bond acceptors (Lipinski definition) is 1. The summed E-state index contributed by atoms with van der Waals surface area (Å²) in [6.07, 6.45) is 1.80. The smallest absolute Gasteiger partial charge is 0.0591 e. The molecule has 0 aliphatic heterocycles. The van der Waals surface area contributed by atoms with Gasteiger partial charge in [-0.2, -0.15) is 5.10 Å². The maximum atomic E-state index is 3.79. The van der Waals surface area contributed by atoms with Crippen molar-refractivity contribution in [2.24, 2.45) is 0 Å². The van der Waals surface area contributed by atoms with Crippen LogP contribution in [0.25, 0.3) is 0 Å². The fourth-order valence-electron chi connectivity index (χ4n) is 0.334. The predicted molar refractivity (Wildman–Crippen MR) is 23.3 cm³/mol. The number of nitrogens with zero attached hydrogens (tertiary/aromatic N) is 1. The minimum atomic E-state index is 0. The Hall–Kier alpha value is -0.167. The first-order valence-electron chi connectivity index (χ1n) is 1.86. The molecule has 1 heterocycles. The van der Waals surface area contributed by atoms with Crippen LogP contribution in [-0.2, 0) is 19.5 Å². The van der Waals surface area contributed by atoms with Gasteiger partial charge in [-0.05, 0) is 13.0 Å². The van der Waals surface area contributed by atoms with E-state index in [1.54, 1.807) is 6.20 Å². The van der Waals surface area contributed by atoms with Gasteiger partial charge in [-0.1, -0.05) is 0 Å². The van der Waals surface area contributed by atoms with Crippen LogP contribution in [0, 0.1) is 6.92 Å². The molecule has 1 aromatic rings. The maximum absolute atomic E-state index is 3.79. The fraction of sp³-hybridized carbons (Fsp3) is 0.250. The van der Waals surface area contributed by atoms with Crippen molar-refractivity contribution in [3.05, 3.63) is 18.0 Å². The average molecular weight is 147 g/mol. The number of aryl methyl sites for hydroxylation is 1. The van der Waals surface area contributed by atoms with E-state index in [4.69, 9.17) is 0 Å². The molecule has 2 nitrogen and oxygen atoms in total. The molecule has 0 fully saturated rings. The molecule has 0 saturated carbocycles. The Morgan fingerprint density at radius 1 is 1.71 bits per heavy atom. The number of hydrogen-bond donors (Lipinski definition) is 1. The van der Waals surface area contributed by atoms with Gasteiger partial charge in [0, 0.05) is 25.7 Å². The third kappa shape index (κ3) is 1.84. The van der Waals surface area contributed by atoms with Crippen LogP contribution < -0.4 is 0 Å². The van der Waals surface area contributed by atoms with Crippen molar-refractivity contribution in [1.29, 1.82) is 0 Å². The van der Waals surface area contributed by atoms with Crippen LogP contribution in [-0.4, -0.2) is 10.2 Å². The van der Waals surface area contributed by atoms with E-state index < -0.39 is 0 Å². The molecule has 34 valence electrons. The third-order valence-electron chi connectivity index (χ3n) is 0.640. The van der Waals surface area contributed by atoms with Crippen LogP contribution in [0.4, 0.5) is 0 Å². The molecule has 1 aromatic heterocycles. The van der Waals surface area contributed by atoms with Crippen LogP contribution in [0.3, 0.4) is 0 Å². The summed E-state index contributed by atoms with van der Waals surface area (Å²) in [5, 5.41) is 6.47. The molecule has 1 rings (SSSR count). The van der Waals surface area contributed by atoms with E-state index in [-0.39, 0.29) is 19.5 Å². The number of H-pyrrole nitrogens is 1. The second-order valence-electron chi connectivity index (χ2n) is 1.22. The van der Waals surface area contributed by atoms with Gasteiger partial charge in [0.2, 0.25) is 0 Å². The molecule has 0 bridgehead atoms. The average Bonchev–Trinajstić information content (AvgIpc) is 1.86. The second-order valence-corrected chi connectivity index (χ2v) is 1.22. The van der Waals surface area contributed by atoms with Crippen LogP contribution in [0.5, 0.6) is 0 Å². The zero-order chi connectivity index (χ0) is 4.41. The van der Waals surface area contributed by atoms with Gasteiger partial charge in [-0.15, -0.1) is 0 Å². The second kappa shape index (κ2) is 2.92. The molecular formula is C4H6N2Zn. The van der Waals surface area contributed by atoms with Crippen molar-refractivity contribution in [2.75, 3.05) is 0 Å². The molecule has 1 N–H and O–H groups in total. The monoisotopic (exact) mass is 146 g/mol. The van der Waals surface area contributed by atoms with Crippen molar-refractivity contribution in [3.63, 3.8) is 0 Å². The zero-order valence-corrected chi connectivity index (χ0v) is 7.28. The van der Waals surface area contributed by atoms with Crippen LogP contribution >= 0.6 is 0 Å². The van der Waals surface area contributed by atoms with Crippen molar-refractivity contribution in [2.45, 2.75) is 6.92 Å². The Bertz CT molecular complexity index is 113. The van der Waals surface area contributed by atoms with Gasteiger partial charge < -0.3 is 0 Å². The molecule has 0 unspecified atom stereocenters. The quantitative estimate of drug-likeness (QED) is 0.538. The van der Waals surface area contributed by atoms with Crippen LogP contribution in [0.15, 0.2) is 12.3 Å². The Morgan fingerprint density at radius 3 is 2.57 bits per heavy atom. The standard InChI is InChI=1S/C4H6N2.Zn/c1-4-2-3-5-6-4;/h2-3H,1H3,(H,5,6);. The van der Waals surface area contributed by atoms with Gasteiger partial charge in [0.05, 0.1) is 5.69 Å². The first-order valence-corrected chi connectivity index (χ1v) is 1.86. The molecule has 0 amide bonds. The van der Waals surface area contributed by atoms with Gasteiger partial charge in [0.1, 0.15) is 0 Å². The molecule has 0 atom stereocenters. The van der Waals surface area contributed by atoms with Gasteiger partial charge in [-0.25, -0.2) is 0 Å². The summed E-state index contributed by atoms with van der Waals surface area (Å²) in [6, 6.07) is 1.92. The molecule has 0 aromatic carbocycles. The number of nitrogens with one attached hydrogen (secondary N) is 1. The van der Waals surface area contributed by atoms with Gasteiger partial charge in [0.15, 0.2) is 0 Å². The molecule has 0 aliphatic rings. The SMILES string of the molecule is Cc1cc[nH]n1.[Zn]. The predicted octanol–water partition coefficient (Wildman–Crippen LogP) is 0.716. The van der Waals surface area contributed by atoms with E-state index in [1.165, 1.54) is 0 Å².